The Bertz CT molecular complexity index is 296. The molecule has 0 aromatic carbocycles. The van der Waals surface area contributed by atoms with Crippen LogP contribution in [-0.2, 0) is 16.1 Å². The molecular formula is C10H17N3O2. The Hall–Kier alpha value is -1.36. The van der Waals surface area contributed by atoms with Gasteiger partial charge in [0.1, 0.15) is 6.04 Å². The van der Waals surface area contributed by atoms with Gasteiger partial charge in [0, 0.05) is 18.4 Å². The largest absolute Gasteiger partial charge is 0.468 e. The van der Waals surface area contributed by atoms with Gasteiger partial charge in [-0.15, -0.1) is 0 Å². The minimum absolute atomic E-state index is 0.227. The molecule has 0 spiro atoms. The summed E-state index contributed by atoms with van der Waals surface area (Å²) in [7, 11) is 1.39. The van der Waals surface area contributed by atoms with Gasteiger partial charge in [-0.05, 0) is 6.07 Å². The molecule has 0 saturated carbocycles. The zero-order valence-corrected chi connectivity index (χ0v) is 9.30. The normalized spacial score (nSPS) is 12.8. The van der Waals surface area contributed by atoms with E-state index >= 15 is 0 Å². The summed E-state index contributed by atoms with van der Waals surface area (Å²) < 4.78 is 6.42. The maximum absolute atomic E-state index is 11.4. The van der Waals surface area contributed by atoms with Crippen LogP contribution in [0, 0.1) is 0 Å². The Kier molecular flexibility index (Phi) is 4.30. The summed E-state index contributed by atoms with van der Waals surface area (Å²) in [5.74, 6) is -0.265. The fourth-order valence-corrected chi connectivity index (χ4v) is 1.34. The number of nitrogens with one attached hydrogen (secondary N) is 1. The van der Waals surface area contributed by atoms with Crippen molar-refractivity contribution >= 4 is 5.97 Å². The molecular weight excluding hydrogens is 194 g/mol. The number of carbonyl (C=O) groups is 1. The molecule has 0 fully saturated rings. The maximum atomic E-state index is 11.4. The number of rotatable bonds is 5. The van der Waals surface area contributed by atoms with Crippen LogP contribution in [0.1, 0.15) is 13.8 Å². The first-order chi connectivity index (χ1) is 7.13. The monoisotopic (exact) mass is 211 g/mol. The maximum Gasteiger partial charge on any atom is 0.324 e. The Morgan fingerprint density at radius 1 is 1.60 bits per heavy atom. The molecule has 1 aromatic rings. The number of carbonyl (C=O) groups excluding carboxylic acids is 1. The Balaban J connectivity index is 2.60. The fourth-order valence-electron chi connectivity index (χ4n) is 1.34. The standard InChI is InChI=1S/C10H17N3O2/c1-8(2)12-9(10(14)15-3)7-13-6-4-5-11-13/h4-6,8-9,12H,7H2,1-3H3. The van der Waals surface area contributed by atoms with Crippen molar-refractivity contribution in [2.24, 2.45) is 0 Å². The second kappa shape index (κ2) is 5.50. The fraction of sp³-hybridized carbons (Fsp3) is 0.600. The molecule has 1 heterocycles. The van der Waals surface area contributed by atoms with Gasteiger partial charge >= 0.3 is 5.97 Å². The van der Waals surface area contributed by atoms with Crippen molar-refractivity contribution in [3.05, 3.63) is 18.5 Å². The molecule has 1 N–H and O–H groups in total. The molecule has 84 valence electrons. The first-order valence-corrected chi connectivity index (χ1v) is 4.94. The molecule has 1 unspecified atom stereocenters. The van der Waals surface area contributed by atoms with Crippen molar-refractivity contribution in [2.45, 2.75) is 32.5 Å². The van der Waals surface area contributed by atoms with Gasteiger partial charge in [-0.25, -0.2) is 0 Å². The SMILES string of the molecule is COC(=O)C(Cn1cccn1)NC(C)C. The lowest BCUT2D eigenvalue weighted by molar-refractivity contribution is -0.143. The summed E-state index contributed by atoms with van der Waals surface area (Å²) in [6, 6.07) is 1.70. The van der Waals surface area contributed by atoms with Gasteiger partial charge in [-0.2, -0.15) is 5.10 Å². The van der Waals surface area contributed by atoms with E-state index in [4.69, 9.17) is 4.74 Å². The number of methoxy groups -OCH3 is 1. The lowest BCUT2D eigenvalue weighted by Crippen LogP contribution is -2.44. The zero-order chi connectivity index (χ0) is 11.3. The van der Waals surface area contributed by atoms with Crippen LogP contribution in [0.2, 0.25) is 0 Å². The van der Waals surface area contributed by atoms with Gasteiger partial charge in [-0.1, -0.05) is 13.8 Å². The summed E-state index contributed by atoms with van der Waals surface area (Å²) in [6.45, 7) is 4.45. The molecule has 0 aliphatic rings. The predicted octanol–water partition coefficient (Wildman–Crippen LogP) is 0.423. The third-order valence-corrected chi connectivity index (χ3v) is 1.95. The molecule has 0 aliphatic carbocycles. The predicted molar refractivity (Wildman–Crippen MR) is 56.3 cm³/mol. The molecule has 1 aromatic heterocycles. The van der Waals surface area contributed by atoms with Crippen molar-refractivity contribution in [3.8, 4) is 0 Å². The molecule has 15 heavy (non-hydrogen) atoms. The lowest BCUT2D eigenvalue weighted by Gasteiger charge is -2.18. The molecule has 0 aliphatic heterocycles. The zero-order valence-electron chi connectivity index (χ0n) is 9.30. The van der Waals surface area contributed by atoms with Crippen LogP contribution in [0.25, 0.3) is 0 Å². The quantitative estimate of drug-likeness (QED) is 0.717. The first kappa shape index (κ1) is 11.7. The molecule has 1 atom stereocenters. The highest BCUT2D eigenvalue weighted by molar-refractivity contribution is 5.75. The summed E-state index contributed by atoms with van der Waals surface area (Å²) in [5.41, 5.74) is 0. The van der Waals surface area contributed by atoms with E-state index in [1.165, 1.54) is 7.11 Å². The van der Waals surface area contributed by atoms with Crippen LogP contribution in [-0.4, -0.2) is 34.9 Å². The molecule has 5 heteroatoms. The van der Waals surface area contributed by atoms with Crippen molar-refractivity contribution in [1.29, 1.82) is 0 Å². The highest BCUT2D eigenvalue weighted by Gasteiger charge is 2.20. The Morgan fingerprint density at radius 3 is 2.80 bits per heavy atom. The van der Waals surface area contributed by atoms with Crippen LogP contribution in [0.4, 0.5) is 0 Å². The van der Waals surface area contributed by atoms with E-state index in [2.05, 4.69) is 10.4 Å². The topological polar surface area (TPSA) is 56.2 Å². The number of aromatic nitrogens is 2. The van der Waals surface area contributed by atoms with E-state index in [1.807, 2.05) is 26.1 Å². The second-order valence-electron chi connectivity index (χ2n) is 3.63. The van der Waals surface area contributed by atoms with E-state index in [0.29, 0.717) is 6.54 Å². The number of nitrogens with zero attached hydrogens (tertiary/aromatic N) is 2. The number of hydrogen-bond donors (Lipinski definition) is 1. The van der Waals surface area contributed by atoms with E-state index in [9.17, 15) is 4.79 Å². The number of hydrogen-bond acceptors (Lipinski definition) is 4. The highest BCUT2D eigenvalue weighted by atomic mass is 16.5. The molecule has 0 bridgehead atoms. The summed E-state index contributed by atoms with van der Waals surface area (Å²) >= 11 is 0. The van der Waals surface area contributed by atoms with E-state index in [1.54, 1.807) is 10.9 Å². The van der Waals surface area contributed by atoms with E-state index < -0.39 is 0 Å². The summed E-state index contributed by atoms with van der Waals surface area (Å²) in [4.78, 5) is 11.4. The minimum Gasteiger partial charge on any atom is -0.468 e. The van der Waals surface area contributed by atoms with Gasteiger partial charge in [0.25, 0.3) is 0 Å². The van der Waals surface area contributed by atoms with Crippen LogP contribution in [0.5, 0.6) is 0 Å². The van der Waals surface area contributed by atoms with Crippen molar-refractivity contribution in [2.75, 3.05) is 7.11 Å². The van der Waals surface area contributed by atoms with Crippen molar-refractivity contribution in [1.82, 2.24) is 15.1 Å². The molecule has 5 nitrogen and oxygen atoms in total. The van der Waals surface area contributed by atoms with Crippen LogP contribution in [0.15, 0.2) is 18.5 Å². The Morgan fingerprint density at radius 2 is 2.33 bits per heavy atom. The summed E-state index contributed by atoms with van der Waals surface area (Å²) in [6.07, 6.45) is 3.50. The third-order valence-electron chi connectivity index (χ3n) is 1.95. The lowest BCUT2D eigenvalue weighted by atomic mass is 10.2. The first-order valence-electron chi connectivity index (χ1n) is 4.94. The minimum atomic E-state index is -0.352. The van der Waals surface area contributed by atoms with Gasteiger partial charge in [0.15, 0.2) is 0 Å². The average Bonchev–Trinajstić information content (AvgIpc) is 2.67. The van der Waals surface area contributed by atoms with Crippen LogP contribution in [0.3, 0.4) is 0 Å². The smallest absolute Gasteiger partial charge is 0.324 e. The third kappa shape index (κ3) is 3.71. The van der Waals surface area contributed by atoms with Gasteiger partial charge in [0.05, 0.1) is 13.7 Å². The van der Waals surface area contributed by atoms with Crippen molar-refractivity contribution in [3.63, 3.8) is 0 Å². The van der Waals surface area contributed by atoms with Crippen molar-refractivity contribution < 1.29 is 9.53 Å². The number of ether oxygens (including phenoxy) is 1. The van der Waals surface area contributed by atoms with Gasteiger partial charge in [-0.3, -0.25) is 9.48 Å². The molecule has 0 radical (unpaired) electrons. The van der Waals surface area contributed by atoms with E-state index in [-0.39, 0.29) is 18.1 Å². The average molecular weight is 211 g/mol. The second-order valence-corrected chi connectivity index (χ2v) is 3.63. The molecule has 0 amide bonds. The van der Waals surface area contributed by atoms with E-state index in [0.717, 1.165) is 0 Å². The molecule has 1 rings (SSSR count). The van der Waals surface area contributed by atoms with Gasteiger partial charge < -0.3 is 10.1 Å². The Labute approximate surface area is 89.4 Å². The van der Waals surface area contributed by atoms with Gasteiger partial charge in [0.2, 0.25) is 0 Å². The molecule has 0 saturated heterocycles. The van der Waals surface area contributed by atoms with Crippen LogP contribution >= 0.6 is 0 Å². The highest BCUT2D eigenvalue weighted by Crippen LogP contribution is 1.96. The summed E-state index contributed by atoms with van der Waals surface area (Å²) in [5, 5.41) is 7.18. The van der Waals surface area contributed by atoms with Crippen LogP contribution < -0.4 is 5.32 Å². The number of esters is 1.